The Morgan fingerprint density at radius 2 is 1.06 bits per heavy atom. The van der Waals surface area contributed by atoms with Gasteiger partial charge in [-0.05, 0) is 51.0 Å². The van der Waals surface area contributed by atoms with Crippen molar-refractivity contribution in [2.45, 2.75) is 109 Å². The number of carboxylic acids is 3. The van der Waals surface area contributed by atoms with E-state index in [2.05, 4.69) is 26.6 Å². The molecule has 0 aromatic carbocycles. The number of aliphatic carboxylic acids is 3. The van der Waals surface area contributed by atoms with Gasteiger partial charge in [0.2, 0.25) is 29.5 Å². The normalized spacial score (nSPS) is 16.1. The van der Waals surface area contributed by atoms with E-state index in [0.29, 0.717) is 12.2 Å². The van der Waals surface area contributed by atoms with Crippen molar-refractivity contribution in [3.8, 4) is 0 Å². The molecule has 0 bridgehead atoms. The summed E-state index contributed by atoms with van der Waals surface area (Å²) in [5.41, 5.74) is 5.52. The van der Waals surface area contributed by atoms with Gasteiger partial charge in [0.15, 0.2) is 0 Å². The van der Waals surface area contributed by atoms with Crippen molar-refractivity contribution >= 4 is 59.2 Å². The van der Waals surface area contributed by atoms with Gasteiger partial charge < -0.3 is 52.7 Å². The smallest absolute Gasteiger partial charge is 0.326 e. The van der Waals surface area contributed by atoms with Crippen molar-refractivity contribution < 1.29 is 58.8 Å². The number of carbonyl (C=O) groups excluding carboxylic acids is 5. The molecular formula is C28H48N6O12S. The van der Waals surface area contributed by atoms with E-state index in [4.69, 9.17) is 15.9 Å². The average molecular weight is 693 g/mol. The minimum absolute atomic E-state index is 0.0614. The molecule has 11 N–H and O–H groups in total. The summed E-state index contributed by atoms with van der Waals surface area (Å²) >= 11 is 1.35. The van der Waals surface area contributed by atoms with Crippen LogP contribution in [0.15, 0.2) is 0 Å². The van der Waals surface area contributed by atoms with Gasteiger partial charge >= 0.3 is 17.9 Å². The molecule has 0 saturated heterocycles. The van der Waals surface area contributed by atoms with Crippen LogP contribution in [0.2, 0.25) is 0 Å². The summed E-state index contributed by atoms with van der Waals surface area (Å²) in [6.45, 7) is 5.77. The third-order valence-corrected chi connectivity index (χ3v) is 7.70. The van der Waals surface area contributed by atoms with E-state index in [1.54, 1.807) is 20.1 Å². The summed E-state index contributed by atoms with van der Waals surface area (Å²) in [7, 11) is 0. The first-order valence-electron chi connectivity index (χ1n) is 15.0. The predicted molar refractivity (Wildman–Crippen MR) is 169 cm³/mol. The molecule has 0 saturated carbocycles. The molecule has 8 atom stereocenters. The van der Waals surface area contributed by atoms with Gasteiger partial charge in [-0.3, -0.25) is 33.6 Å². The molecule has 0 aromatic rings. The molecule has 0 unspecified atom stereocenters. The molecule has 0 aliphatic rings. The summed E-state index contributed by atoms with van der Waals surface area (Å²) in [4.78, 5) is 98.9. The molecule has 18 nitrogen and oxygen atoms in total. The topological polar surface area (TPSA) is 304 Å². The van der Waals surface area contributed by atoms with Crippen molar-refractivity contribution in [3.63, 3.8) is 0 Å². The van der Waals surface area contributed by atoms with Crippen molar-refractivity contribution in [3.05, 3.63) is 0 Å². The van der Waals surface area contributed by atoms with Crippen LogP contribution in [0.5, 0.6) is 0 Å². The quantitative estimate of drug-likeness (QED) is 0.0541. The number of aliphatic hydroxyl groups is 1. The van der Waals surface area contributed by atoms with Crippen molar-refractivity contribution in [2.24, 2.45) is 11.7 Å². The summed E-state index contributed by atoms with van der Waals surface area (Å²) in [5.74, 6) is -8.78. The molecular weight excluding hydrogens is 644 g/mol. The lowest BCUT2D eigenvalue weighted by molar-refractivity contribution is -0.143. The van der Waals surface area contributed by atoms with E-state index in [0.717, 1.165) is 6.92 Å². The van der Waals surface area contributed by atoms with Gasteiger partial charge in [0.05, 0.1) is 12.1 Å². The third-order valence-electron chi connectivity index (χ3n) is 7.05. The number of nitrogens with two attached hydrogens (primary N) is 1. The summed E-state index contributed by atoms with van der Waals surface area (Å²) in [5, 5.41) is 49.7. The van der Waals surface area contributed by atoms with E-state index < -0.39 is 115 Å². The number of carbonyl (C=O) groups is 8. The Bertz CT molecular complexity index is 1120. The molecule has 19 heteroatoms. The summed E-state index contributed by atoms with van der Waals surface area (Å²) in [6, 6.07) is -8.36. The average Bonchev–Trinajstić information content (AvgIpc) is 2.98. The first-order valence-corrected chi connectivity index (χ1v) is 16.4. The van der Waals surface area contributed by atoms with Gasteiger partial charge in [0, 0.05) is 12.8 Å². The summed E-state index contributed by atoms with van der Waals surface area (Å²) < 4.78 is 0. The molecule has 0 spiro atoms. The van der Waals surface area contributed by atoms with Gasteiger partial charge in [-0.1, -0.05) is 20.3 Å². The lowest BCUT2D eigenvalue weighted by atomic mass is 9.96. The van der Waals surface area contributed by atoms with Gasteiger partial charge in [-0.25, -0.2) is 4.79 Å². The van der Waals surface area contributed by atoms with Gasteiger partial charge in [0.25, 0.3) is 0 Å². The standard InChI is InChI=1S/C28H48N6O12S/c1-6-13(2)21(26(43)31-16(7-9-19(36)37)24(41)32-18(28(45)46)11-12-47-5)33-27(44)22(15(4)35)34-25(42)17(8-10-20(38)39)30-23(40)14(3)29/h13-18,21-22,35H,6-12,29H2,1-5H3,(H,30,40)(H,31,43)(H,32,41)(H,33,44)(H,34,42)(H,36,37)(H,38,39)(H,45,46)/t13-,14-,15+,16-,17-,18-,21-,22-/m0/s1. The van der Waals surface area contributed by atoms with Crippen LogP contribution in [0.3, 0.4) is 0 Å². The molecule has 0 radical (unpaired) electrons. The van der Waals surface area contributed by atoms with Crippen LogP contribution in [-0.4, -0.2) is 122 Å². The molecule has 0 fully saturated rings. The highest BCUT2D eigenvalue weighted by Gasteiger charge is 2.36. The number of amides is 5. The van der Waals surface area contributed by atoms with Crippen molar-refractivity contribution in [1.29, 1.82) is 0 Å². The molecule has 0 aromatic heterocycles. The maximum absolute atomic E-state index is 13.4. The highest BCUT2D eigenvalue weighted by molar-refractivity contribution is 7.98. The van der Waals surface area contributed by atoms with Crippen molar-refractivity contribution in [2.75, 3.05) is 12.0 Å². The van der Waals surface area contributed by atoms with E-state index in [1.165, 1.54) is 18.7 Å². The first-order chi connectivity index (χ1) is 21.9. The minimum atomic E-state index is -1.69. The maximum atomic E-state index is 13.4. The van der Waals surface area contributed by atoms with E-state index in [-0.39, 0.29) is 12.8 Å². The minimum Gasteiger partial charge on any atom is -0.481 e. The Labute approximate surface area is 276 Å². The van der Waals surface area contributed by atoms with E-state index >= 15 is 0 Å². The van der Waals surface area contributed by atoms with Crippen LogP contribution in [-0.2, 0) is 38.4 Å². The van der Waals surface area contributed by atoms with Crippen LogP contribution in [0.1, 0.15) is 66.2 Å². The largest absolute Gasteiger partial charge is 0.481 e. The second-order valence-electron chi connectivity index (χ2n) is 11.1. The molecule has 0 heterocycles. The zero-order valence-corrected chi connectivity index (χ0v) is 27.9. The second-order valence-corrected chi connectivity index (χ2v) is 12.0. The van der Waals surface area contributed by atoms with Crippen LogP contribution in [0, 0.1) is 5.92 Å². The Morgan fingerprint density at radius 3 is 1.47 bits per heavy atom. The fraction of sp³-hybridized carbons (Fsp3) is 0.714. The maximum Gasteiger partial charge on any atom is 0.326 e. The van der Waals surface area contributed by atoms with Crippen molar-refractivity contribution in [1.82, 2.24) is 26.6 Å². The number of hydrogen-bond donors (Lipinski definition) is 10. The van der Waals surface area contributed by atoms with Crippen LogP contribution in [0.4, 0.5) is 0 Å². The first kappa shape index (κ1) is 43.0. The van der Waals surface area contributed by atoms with E-state index in [9.17, 15) is 48.6 Å². The Balaban J connectivity index is 6.10. The Morgan fingerprint density at radius 1 is 0.638 bits per heavy atom. The third kappa shape index (κ3) is 16.4. The lowest BCUT2D eigenvalue weighted by Gasteiger charge is -2.30. The van der Waals surface area contributed by atoms with Gasteiger partial charge in [-0.15, -0.1) is 0 Å². The number of rotatable bonds is 23. The molecule has 268 valence electrons. The predicted octanol–water partition coefficient (Wildman–Crippen LogP) is -2.25. The molecule has 5 amide bonds. The Hall–Kier alpha value is -3.97. The number of aliphatic hydroxyl groups excluding tert-OH is 1. The zero-order valence-electron chi connectivity index (χ0n) is 27.1. The van der Waals surface area contributed by atoms with E-state index in [1.807, 2.05) is 0 Å². The van der Waals surface area contributed by atoms with Crippen LogP contribution >= 0.6 is 11.8 Å². The van der Waals surface area contributed by atoms with Gasteiger partial charge in [0.1, 0.15) is 30.2 Å². The van der Waals surface area contributed by atoms with Crippen LogP contribution < -0.4 is 32.3 Å². The van der Waals surface area contributed by atoms with Crippen LogP contribution in [0.25, 0.3) is 0 Å². The molecule has 47 heavy (non-hydrogen) atoms. The fourth-order valence-corrected chi connectivity index (χ4v) is 4.48. The molecule has 0 rings (SSSR count). The summed E-state index contributed by atoms with van der Waals surface area (Å²) in [6.07, 6.45) is -1.29. The fourth-order valence-electron chi connectivity index (χ4n) is 4.01. The number of carboxylic acid groups (broad SMARTS) is 3. The SMILES string of the molecule is CC[C@H](C)[C@H](NC(=O)[C@@H](NC(=O)[C@H](CCC(=O)O)NC(=O)[C@H](C)N)[C@@H](C)O)C(=O)N[C@@H](CCC(=O)O)C(=O)N[C@@H](CCSC)C(=O)O. The number of hydrogen-bond acceptors (Lipinski definition) is 11. The lowest BCUT2D eigenvalue weighted by Crippen LogP contribution is -2.62. The molecule has 0 aliphatic carbocycles. The van der Waals surface area contributed by atoms with Gasteiger partial charge in [-0.2, -0.15) is 11.8 Å². The highest BCUT2D eigenvalue weighted by Crippen LogP contribution is 2.12. The zero-order chi connectivity index (χ0) is 36.4. The highest BCUT2D eigenvalue weighted by atomic mass is 32.2. The Kier molecular flexibility index (Phi) is 19.9. The number of thioether (sulfide) groups is 1. The number of nitrogens with one attached hydrogen (secondary N) is 5. The second kappa shape index (κ2) is 21.8. The molecule has 0 aliphatic heterocycles. The monoisotopic (exact) mass is 692 g/mol.